The minimum atomic E-state index is -4.87. The molecule has 2 saturated heterocycles. The molecule has 51 heavy (non-hydrogen) atoms. The quantitative estimate of drug-likeness (QED) is 0.0690. The lowest BCUT2D eigenvalue weighted by atomic mass is 10.2. The Morgan fingerprint density at radius 1 is 1.02 bits per heavy atom. The third kappa shape index (κ3) is 7.77. The Kier molecular flexibility index (Phi) is 9.57. The molecule has 22 nitrogen and oxygen atoms in total. The number of nitrogens with two attached hydrogens (primary N) is 2. The molecule has 2 aliphatic heterocycles. The van der Waals surface area contributed by atoms with Crippen LogP contribution in [0.1, 0.15) is 30.9 Å². The highest BCUT2D eigenvalue weighted by molar-refractivity contribution is 7.83. The van der Waals surface area contributed by atoms with Gasteiger partial charge in [-0.3, -0.25) is 32.5 Å². The van der Waals surface area contributed by atoms with Crippen molar-refractivity contribution in [3.63, 3.8) is 0 Å². The van der Waals surface area contributed by atoms with Crippen molar-refractivity contribution in [3.8, 4) is 0 Å². The van der Waals surface area contributed by atoms with E-state index in [2.05, 4.69) is 29.9 Å². The van der Waals surface area contributed by atoms with Gasteiger partial charge in [0.2, 0.25) is 5.95 Å². The zero-order chi connectivity index (χ0) is 35.9. The molecule has 272 valence electrons. The molecular formula is C27H32N11O11PS. The highest BCUT2D eigenvalue weighted by Crippen LogP contribution is 2.49. The number of nitrogen functional groups attached to an aromatic ring is 2. The van der Waals surface area contributed by atoms with Crippen molar-refractivity contribution >= 4 is 52.2 Å². The van der Waals surface area contributed by atoms with Gasteiger partial charge in [0, 0.05) is 19.4 Å². The van der Waals surface area contributed by atoms with Crippen LogP contribution in [0.3, 0.4) is 0 Å². The molecule has 0 aliphatic carbocycles. The first kappa shape index (κ1) is 35.0. The van der Waals surface area contributed by atoms with Crippen LogP contribution in [0.5, 0.6) is 0 Å². The number of phosphoric ester groups is 1. The van der Waals surface area contributed by atoms with Crippen LogP contribution in [0.25, 0.3) is 22.3 Å². The summed E-state index contributed by atoms with van der Waals surface area (Å²) in [5.41, 5.74) is 12.8. The highest BCUT2D eigenvalue weighted by atomic mass is 32.2. The second-order valence-electron chi connectivity index (χ2n) is 11.7. The lowest BCUT2D eigenvalue weighted by Gasteiger charge is -2.22. The molecule has 5 aromatic rings. The summed E-state index contributed by atoms with van der Waals surface area (Å²) in [5, 5.41) is 0. The van der Waals surface area contributed by atoms with Crippen molar-refractivity contribution in [1.29, 1.82) is 0 Å². The van der Waals surface area contributed by atoms with E-state index in [1.54, 1.807) is 0 Å². The Bertz CT molecular complexity index is 2250. The predicted octanol–water partition coefficient (Wildman–Crippen LogP) is 0.179. The molecule has 0 spiro atoms. The van der Waals surface area contributed by atoms with Gasteiger partial charge in [0.25, 0.3) is 5.56 Å². The smallest absolute Gasteiger partial charge is 0.382 e. The number of imidazole rings is 2. The zero-order valence-electron chi connectivity index (χ0n) is 26.3. The summed E-state index contributed by atoms with van der Waals surface area (Å²) in [7, 11) is -9.53. The van der Waals surface area contributed by atoms with E-state index in [0.29, 0.717) is 5.65 Å². The number of rotatable bonds is 13. The van der Waals surface area contributed by atoms with Crippen LogP contribution in [-0.4, -0.2) is 94.5 Å². The molecule has 1 unspecified atom stereocenters. The number of H-pyrrole nitrogens is 1. The van der Waals surface area contributed by atoms with Crippen molar-refractivity contribution in [2.45, 2.75) is 56.3 Å². The fraction of sp³-hybridized carbons (Fsp3) is 0.407. The Morgan fingerprint density at radius 3 is 2.57 bits per heavy atom. The number of aromatic nitrogens is 8. The van der Waals surface area contributed by atoms with E-state index in [9.17, 15) is 27.2 Å². The van der Waals surface area contributed by atoms with Crippen molar-refractivity contribution in [1.82, 2.24) is 43.8 Å². The van der Waals surface area contributed by atoms with Crippen LogP contribution in [0, 0.1) is 0 Å². The van der Waals surface area contributed by atoms with Gasteiger partial charge in [0.15, 0.2) is 28.9 Å². The van der Waals surface area contributed by atoms with Crippen molar-refractivity contribution in [2.75, 3.05) is 24.6 Å². The molecule has 24 heteroatoms. The van der Waals surface area contributed by atoms with Crippen LogP contribution in [0.4, 0.5) is 11.8 Å². The largest absolute Gasteiger partial charge is 0.472 e. The number of nitrogens with zero attached hydrogens (tertiary/aromatic N) is 7. The lowest BCUT2D eigenvalue weighted by molar-refractivity contribution is -0.0737. The van der Waals surface area contributed by atoms with Crippen molar-refractivity contribution in [2.24, 2.45) is 0 Å². The van der Waals surface area contributed by atoms with Crippen LogP contribution in [-0.2, 0) is 44.7 Å². The number of fused-ring (bicyclic) bond motifs is 2. The van der Waals surface area contributed by atoms with Crippen LogP contribution in [0.2, 0.25) is 0 Å². The van der Waals surface area contributed by atoms with Gasteiger partial charge in [-0.15, -0.1) is 0 Å². The summed E-state index contributed by atoms with van der Waals surface area (Å²) in [6.07, 6.45) is -1.58. The number of nitrogens with one attached hydrogen (secondary N) is 2. The van der Waals surface area contributed by atoms with E-state index >= 15 is 0 Å². The standard InChI is InChI=1S/C27H32N11O11PS/c28-22-20-23(31-11-30-22)37(12-32-20)19-7-16(18(48-19)8-34-51(42,43)44)49-50(40,41)46-10-15-6-17(45-9-14-4-2-1-3-5-14)26(47-15)38-13-33-21-24(38)35-27(29)36-25(21)39/h1-5,11-13,15-19,26,34H,6-10H2,(H,40,41)(H2,28,30,31)(H,42,43,44)(H3,29,35,36,39)/t15-,16-,17+,18+,19+,26+/m0/s1. The second kappa shape index (κ2) is 14.0. The fourth-order valence-electron chi connectivity index (χ4n) is 5.94. The first-order valence-electron chi connectivity index (χ1n) is 15.3. The van der Waals surface area contributed by atoms with Gasteiger partial charge in [-0.05, 0) is 5.56 Å². The summed E-state index contributed by atoms with van der Waals surface area (Å²) in [4.78, 5) is 46.2. The van der Waals surface area contributed by atoms with Crippen molar-refractivity contribution in [3.05, 3.63) is 65.2 Å². The molecule has 0 saturated carbocycles. The number of anilines is 2. The number of benzene rings is 1. The summed E-state index contributed by atoms with van der Waals surface area (Å²) < 4.78 is 79.6. The molecule has 7 atom stereocenters. The van der Waals surface area contributed by atoms with Crippen LogP contribution in [0.15, 0.2) is 54.1 Å². The predicted molar refractivity (Wildman–Crippen MR) is 175 cm³/mol. The third-order valence-electron chi connectivity index (χ3n) is 8.21. The molecular weight excluding hydrogens is 717 g/mol. The number of hydrogen-bond donors (Lipinski definition) is 6. The average molecular weight is 750 g/mol. The Labute approximate surface area is 287 Å². The third-order valence-corrected chi connectivity index (χ3v) is 9.76. The molecule has 2 aliphatic rings. The summed E-state index contributed by atoms with van der Waals surface area (Å²) >= 11 is 0. The molecule has 4 aromatic heterocycles. The van der Waals surface area contributed by atoms with Gasteiger partial charge in [-0.2, -0.15) is 18.1 Å². The SMILES string of the molecule is Nc1nc2c(ncn2[C@@H]2O[C@H](COP(=O)(O)O[C@H]3C[C@H](n4cnc5c(N)ncnc54)O[C@@H]3CNS(=O)(=O)O)C[C@H]2OCc2ccccc2)c(=O)[nH]1. The zero-order valence-corrected chi connectivity index (χ0v) is 28.0. The van der Waals surface area contributed by atoms with Gasteiger partial charge in [-0.25, -0.2) is 24.5 Å². The van der Waals surface area contributed by atoms with Gasteiger partial charge in [-0.1, -0.05) is 30.3 Å². The summed E-state index contributed by atoms with van der Waals surface area (Å²) in [5.74, 6) is -0.0177. The Hall–Kier alpha value is -4.42. The molecule has 6 heterocycles. The molecule has 7 rings (SSSR count). The maximum atomic E-state index is 13.3. The normalized spacial score (nSPS) is 25.1. The van der Waals surface area contributed by atoms with Gasteiger partial charge < -0.3 is 30.6 Å². The number of ether oxygens (including phenoxy) is 3. The second-order valence-corrected chi connectivity index (χ2v) is 14.3. The fourth-order valence-corrected chi connectivity index (χ4v) is 7.29. The number of aromatic amines is 1. The van der Waals surface area contributed by atoms with E-state index in [4.69, 9.17) is 34.7 Å². The number of phosphoric acid groups is 1. The number of hydrogen-bond acceptors (Lipinski definition) is 16. The van der Waals surface area contributed by atoms with E-state index in [1.165, 1.54) is 28.1 Å². The molecule has 1 aromatic carbocycles. The molecule has 0 amide bonds. The minimum absolute atomic E-state index is 0.0253. The molecule has 8 N–H and O–H groups in total. The minimum Gasteiger partial charge on any atom is -0.382 e. The monoisotopic (exact) mass is 749 g/mol. The van der Waals surface area contributed by atoms with Crippen LogP contribution < -0.4 is 21.7 Å². The lowest BCUT2D eigenvalue weighted by Crippen LogP contribution is -2.37. The highest BCUT2D eigenvalue weighted by Gasteiger charge is 2.44. The first-order valence-corrected chi connectivity index (χ1v) is 18.3. The van der Waals surface area contributed by atoms with Gasteiger partial charge in [0.1, 0.15) is 36.4 Å². The van der Waals surface area contributed by atoms with E-state index < -0.39 is 73.7 Å². The van der Waals surface area contributed by atoms with Crippen molar-refractivity contribution < 1.29 is 45.7 Å². The van der Waals surface area contributed by atoms with Crippen LogP contribution >= 0.6 is 7.82 Å². The van der Waals surface area contributed by atoms with E-state index in [0.717, 1.165) is 5.56 Å². The Morgan fingerprint density at radius 2 is 1.78 bits per heavy atom. The Balaban J connectivity index is 1.06. The average Bonchev–Trinajstić information content (AvgIpc) is 3.87. The van der Waals surface area contributed by atoms with Gasteiger partial charge in [0.05, 0.1) is 32.0 Å². The first-order chi connectivity index (χ1) is 24.3. The van der Waals surface area contributed by atoms with E-state index in [1.807, 2.05) is 35.1 Å². The topological polar surface area (TPSA) is 309 Å². The maximum Gasteiger partial charge on any atom is 0.472 e. The summed E-state index contributed by atoms with van der Waals surface area (Å²) in [6, 6.07) is 9.36. The maximum absolute atomic E-state index is 13.3. The van der Waals surface area contributed by atoms with Gasteiger partial charge >= 0.3 is 18.1 Å². The molecule has 2 fully saturated rings. The molecule has 0 bridgehead atoms. The molecule has 0 radical (unpaired) electrons. The summed E-state index contributed by atoms with van der Waals surface area (Å²) in [6.45, 7) is -0.751. The van der Waals surface area contributed by atoms with E-state index in [-0.39, 0.29) is 47.9 Å².